The molecule has 1 aliphatic rings. The van der Waals surface area contributed by atoms with E-state index in [2.05, 4.69) is 15.3 Å². The van der Waals surface area contributed by atoms with Crippen molar-refractivity contribution in [2.75, 3.05) is 5.73 Å². The Bertz CT molecular complexity index is 303. The maximum Gasteiger partial charge on any atom is 0.231 e. The second-order valence-corrected chi connectivity index (χ2v) is 2.12. The van der Waals surface area contributed by atoms with Crippen LogP contribution in [0.25, 0.3) is 0 Å². The van der Waals surface area contributed by atoms with Crippen LogP contribution in [0.3, 0.4) is 0 Å². The lowest BCUT2D eigenvalue weighted by atomic mass is 10.3. The summed E-state index contributed by atoms with van der Waals surface area (Å²) >= 11 is 0. The van der Waals surface area contributed by atoms with Gasteiger partial charge in [-0.15, -0.1) is 0 Å². The molecule has 0 radical (unpaired) electrons. The van der Waals surface area contributed by atoms with Gasteiger partial charge in [0.15, 0.2) is 5.82 Å². The van der Waals surface area contributed by atoms with Crippen LogP contribution in [-0.4, -0.2) is 0 Å². The van der Waals surface area contributed by atoms with E-state index in [1.807, 2.05) is 0 Å². The van der Waals surface area contributed by atoms with Crippen molar-refractivity contribution in [1.29, 1.82) is 0 Å². The van der Waals surface area contributed by atoms with Gasteiger partial charge in [0.25, 0.3) is 0 Å². The number of nitrogens with one attached hydrogen (secondary N) is 1. The van der Waals surface area contributed by atoms with E-state index >= 15 is 0 Å². The molecule has 0 aromatic heterocycles. The van der Waals surface area contributed by atoms with Crippen molar-refractivity contribution < 1.29 is 14.1 Å². The van der Waals surface area contributed by atoms with E-state index in [1.165, 1.54) is 6.07 Å². The maximum absolute atomic E-state index is 12.8. The van der Waals surface area contributed by atoms with E-state index in [1.54, 1.807) is 0 Å². The van der Waals surface area contributed by atoms with Crippen molar-refractivity contribution in [3.05, 3.63) is 17.9 Å². The van der Waals surface area contributed by atoms with Gasteiger partial charge in [-0.3, -0.25) is 0 Å². The average Bonchev–Trinajstić information content (AvgIpc) is 2.34. The number of hydrogen-bond acceptors (Lipinski definition) is 4. The van der Waals surface area contributed by atoms with Gasteiger partial charge in [0.2, 0.25) is 11.5 Å². The second kappa shape index (κ2) is 2.00. The van der Waals surface area contributed by atoms with Crippen LogP contribution in [0.15, 0.2) is 12.1 Å². The van der Waals surface area contributed by atoms with Crippen molar-refractivity contribution in [3.8, 4) is 11.5 Å². The minimum absolute atomic E-state index is 0.0409. The van der Waals surface area contributed by atoms with E-state index in [0.29, 0.717) is 5.69 Å². The number of fused-ring (bicyclic) bond motifs is 1. The number of anilines is 1. The van der Waals surface area contributed by atoms with E-state index in [-0.39, 0.29) is 11.5 Å². The first-order valence-corrected chi connectivity index (χ1v) is 2.95. The Balaban J connectivity index is 2.60. The highest BCUT2D eigenvalue weighted by molar-refractivity contribution is 5.53. The zero-order chi connectivity index (χ0) is 7.84. The molecule has 2 rings (SSSR count). The summed E-state index contributed by atoms with van der Waals surface area (Å²) in [5, 5.41) is 0. The molecule has 0 fully saturated rings. The van der Waals surface area contributed by atoms with E-state index < -0.39 is 5.82 Å². The van der Waals surface area contributed by atoms with Crippen molar-refractivity contribution in [3.63, 3.8) is 0 Å². The average molecular weight is 156 g/mol. The molecule has 3 N–H and O–H groups in total. The molecule has 0 unspecified atom stereocenters. The van der Waals surface area contributed by atoms with Crippen LogP contribution in [0.5, 0.6) is 11.5 Å². The number of nitrogen functional groups attached to an aromatic ring is 1. The van der Waals surface area contributed by atoms with Gasteiger partial charge >= 0.3 is 0 Å². The van der Waals surface area contributed by atoms with Gasteiger partial charge < -0.3 is 15.4 Å². The van der Waals surface area contributed by atoms with Gasteiger partial charge in [0.05, 0.1) is 0 Å². The lowest BCUT2D eigenvalue weighted by Crippen LogP contribution is -2.14. The Labute approximate surface area is 61.6 Å². The molecule has 0 spiro atoms. The standard InChI is InChI=1S/C6H5FN2O2/c7-4-1-3(8)2-5-6(4)11-9-10-5/h1-2,9H,8H2. The SMILES string of the molecule is Nc1cc(F)c2c(c1)ONO2. The molecule has 0 saturated heterocycles. The Morgan fingerprint density at radius 1 is 1.36 bits per heavy atom. The molecule has 0 aliphatic carbocycles. The molecule has 0 bridgehead atoms. The molecule has 1 aliphatic heterocycles. The maximum atomic E-state index is 12.8. The predicted octanol–water partition coefficient (Wildman–Crippen LogP) is 0.599. The van der Waals surface area contributed by atoms with Gasteiger partial charge in [0, 0.05) is 23.5 Å². The summed E-state index contributed by atoms with van der Waals surface area (Å²) in [6.45, 7) is 0. The van der Waals surface area contributed by atoms with Crippen LogP contribution in [-0.2, 0) is 0 Å². The van der Waals surface area contributed by atoms with Gasteiger partial charge in [-0.1, -0.05) is 0 Å². The Kier molecular flexibility index (Phi) is 1.13. The smallest absolute Gasteiger partial charge is 0.231 e. The molecular formula is C6H5FN2O2. The third-order valence-corrected chi connectivity index (χ3v) is 1.33. The number of nitrogens with two attached hydrogens (primary N) is 1. The molecule has 0 saturated carbocycles. The Morgan fingerprint density at radius 2 is 2.18 bits per heavy atom. The summed E-state index contributed by atoms with van der Waals surface area (Å²) in [7, 11) is 0. The molecule has 1 heterocycles. The summed E-state index contributed by atoms with van der Waals surface area (Å²) in [6, 6.07) is 2.63. The third kappa shape index (κ3) is 0.857. The molecule has 1 aromatic rings. The van der Waals surface area contributed by atoms with E-state index in [9.17, 15) is 4.39 Å². The van der Waals surface area contributed by atoms with Crippen molar-refractivity contribution in [1.82, 2.24) is 5.64 Å². The van der Waals surface area contributed by atoms with E-state index in [4.69, 9.17) is 5.73 Å². The largest absolute Gasteiger partial charge is 0.399 e. The second-order valence-electron chi connectivity index (χ2n) is 2.12. The van der Waals surface area contributed by atoms with Crippen LogP contribution in [0, 0.1) is 5.82 Å². The zero-order valence-electron chi connectivity index (χ0n) is 5.43. The summed E-state index contributed by atoms with van der Waals surface area (Å²) in [4.78, 5) is 9.25. The lowest BCUT2D eigenvalue weighted by molar-refractivity contribution is 0.0242. The topological polar surface area (TPSA) is 56.5 Å². The summed E-state index contributed by atoms with van der Waals surface area (Å²) in [6.07, 6.45) is 0. The molecule has 0 amide bonds. The van der Waals surface area contributed by atoms with Gasteiger partial charge in [-0.2, -0.15) is 0 Å². The highest BCUT2D eigenvalue weighted by atomic mass is 19.1. The monoisotopic (exact) mass is 156 g/mol. The predicted molar refractivity (Wildman–Crippen MR) is 35.2 cm³/mol. The quantitative estimate of drug-likeness (QED) is 0.540. The molecule has 1 aromatic carbocycles. The summed E-state index contributed by atoms with van der Waals surface area (Å²) in [5.41, 5.74) is 7.69. The summed E-state index contributed by atoms with van der Waals surface area (Å²) in [5.74, 6) is -0.230. The molecule has 5 heteroatoms. The van der Waals surface area contributed by atoms with Crippen LogP contribution in [0.4, 0.5) is 10.1 Å². The third-order valence-electron chi connectivity index (χ3n) is 1.33. The Morgan fingerprint density at radius 3 is 3.00 bits per heavy atom. The molecule has 11 heavy (non-hydrogen) atoms. The van der Waals surface area contributed by atoms with Crippen LogP contribution >= 0.6 is 0 Å². The number of halogens is 1. The van der Waals surface area contributed by atoms with Crippen molar-refractivity contribution in [2.24, 2.45) is 0 Å². The normalized spacial score (nSPS) is 13.5. The zero-order valence-corrected chi connectivity index (χ0v) is 5.43. The van der Waals surface area contributed by atoms with Crippen molar-refractivity contribution >= 4 is 5.69 Å². The highest BCUT2D eigenvalue weighted by Crippen LogP contribution is 2.34. The molecule has 0 atom stereocenters. The minimum Gasteiger partial charge on any atom is -0.399 e. The molecular weight excluding hydrogens is 151 g/mol. The Hall–Kier alpha value is -1.49. The number of rotatable bonds is 0. The van der Waals surface area contributed by atoms with E-state index in [0.717, 1.165) is 6.07 Å². The fourth-order valence-electron chi connectivity index (χ4n) is 0.870. The van der Waals surface area contributed by atoms with Crippen molar-refractivity contribution in [2.45, 2.75) is 0 Å². The minimum atomic E-state index is -0.537. The van der Waals surface area contributed by atoms with Gasteiger partial charge in [0.1, 0.15) is 0 Å². The lowest BCUT2D eigenvalue weighted by Gasteiger charge is -1.95. The fourth-order valence-corrected chi connectivity index (χ4v) is 0.870. The van der Waals surface area contributed by atoms with Crippen LogP contribution in [0.1, 0.15) is 0 Å². The number of hydrogen-bond donors (Lipinski definition) is 2. The molecule has 4 nitrogen and oxygen atoms in total. The van der Waals surface area contributed by atoms with Crippen LogP contribution in [0.2, 0.25) is 0 Å². The highest BCUT2D eigenvalue weighted by Gasteiger charge is 2.19. The first-order chi connectivity index (χ1) is 5.27. The summed E-state index contributed by atoms with van der Waals surface area (Å²) < 4.78 is 12.8. The first kappa shape index (κ1) is 6.23. The van der Waals surface area contributed by atoms with Gasteiger partial charge in [-0.05, 0) is 0 Å². The first-order valence-electron chi connectivity index (χ1n) is 2.95. The number of benzene rings is 1. The van der Waals surface area contributed by atoms with Crippen LogP contribution < -0.4 is 21.1 Å². The molecule has 58 valence electrons. The fraction of sp³-hybridized carbons (Fsp3) is 0. The van der Waals surface area contributed by atoms with Gasteiger partial charge in [-0.25, -0.2) is 4.39 Å².